The number of piperazine rings is 1. The van der Waals surface area contributed by atoms with Crippen LogP contribution in [-0.2, 0) is 0 Å². The van der Waals surface area contributed by atoms with Crippen molar-refractivity contribution in [3.63, 3.8) is 0 Å². The Bertz CT molecular complexity index is 414. The zero-order valence-corrected chi connectivity index (χ0v) is 10.7. The maximum Gasteiger partial charge on any atom is 0.120 e. The summed E-state index contributed by atoms with van der Waals surface area (Å²) in [6.07, 6.45) is 1.87. The fraction of sp³-hybridized carbons (Fsp3) is 0.429. The van der Waals surface area contributed by atoms with Crippen LogP contribution >= 0.6 is 0 Å². The summed E-state index contributed by atoms with van der Waals surface area (Å²) in [6.45, 7) is 7.73. The topological polar surface area (TPSA) is 44.7 Å². The number of hydrogen-bond donors (Lipinski definition) is 2. The van der Waals surface area contributed by atoms with Crippen molar-refractivity contribution >= 4 is 0 Å². The first-order chi connectivity index (χ1) is 8.76. The van der Waals surface area contributed by atoms with Crippen LogP contribution in [0.4, 0.5) is 0 Å². The molecule has 1 aromatic rings. The summed E-state index contributed by atoms with van der Waals surface area (Å²) >= 11 is 0. The number of rotatable bonds is 4. The number of ether oxygens (including phenoxy) is 1. The highest BCUT2D eigenvalue weighted by Crippen LogP contribution is 2.32. The van der Waals surface area contributed by atoms with Gasteiger partial charge < -0.3 is 15.2 Å². The number of nitrogens with zero attached hydrogens (tertiary/aromatic N) is 1. The smallest absolute Gasteiger partial charge is 0.120 e. The van der Waals surface area contributed by atoms with E-state index in [-0.39, 0.29) is 6.04 Å². The lowest BCUT2D eigenvalue weighted by molar-refractivity contribution is 0.200. The molecular formula is C14H20N2O2. The molecule has 1 heterocycles. The minimum Gasteiger partial charge on any atom is -0.508 e. The van der Waals surface area contributed by atoms with Crippen molar-refractivity contribution in [2.24, 2.45) is 0 Å². The van der Waals surface area contributed by atoms with Crippen LogP contribution in [0, 0.1) is 0 Å². The van der Waals surface area contributed by atoms with Gasteiger partial charge in [-0.15, -0.1) is 6.58 Å². The maximum absolute atomic E-state index is 10.0. The Morgan fingerprint density at radius 3 is 2.78 bits per heavy atom. The van der Waals surface area contributed by atoms with E-state index in [1.165, 1.54) is 0 Å². The molecule has 1 aliphatic heterocycles. The summed E-state index contributed by atoms with van der Waals surface area (Å²) in [5.74, 6) is 1.05. The van der Waals surface area contributed by atoms with Crippen molar-refractivity contribution in [1.29, 1.82) is 0 Å². The summed E-state index contributed by atoms with van der Waals surface area (Å²) < 4.78 is 5.22. The molecule has 1 aliphatic rings. The third kappa shape index (κ3) is 2.66. The number of benzene rings is 1. The van der Waals surface area contributed by atoms with Crippen molar-refractivity contribution in [3.05, 3.63) is 36.4 Å². The predicted molar refractivity (Wildman–Crippen MR) is 72.0 cm³/mol. The molecule has 1 atom stereocenters. The fourth-order valence-corrected chi connectivity index (χ4v) is 2.33. The van der Waals surface area contributed by atoms with Gasteiger partial charge in [0.1, 0.15) is 11.5 Å². The maximum atomic E-state index is 10.0. The minimum absolute atomic E-state index is 0.0298. The third-order valence-electron chi connectivity index (χ3n) is 3.32. The van der Waals surface area contributed by atoms with Gasteiger partial charge in [0.25, 0.3) is 0 Å². The van der Waals surface area contributed by atoms with E-state index in [9.17, 15) is 5.11 Å². The first-order valence-corrected chi connectivity index (χ1v) is 6.20. The second-order valence-electron chi connectivity index (χ2n) is 4.39. The molecule has 0 aliphatic carbocycles. The van der Waals surface area contributed by atoms with E-state index < -0.39 is 0 Å². The monoisotopic (exact) mass is 248 g/mol. The van der Waals surface area contributed by atoms with Crippen molar-refractivity contribution in [3.8, 4) is 11.5 Å². The largest absolute Gasteiger partial charge is 0.508 e. The molecule has 0 amide bonds. The highest BCUT2D eigenvalue weighted by atomic mass is 16.5. The molecule has 4 nitrogen and oxygen atoms in total. The van der Waals surface area contributed by atoms with Gasteiger partial charge in [0.15, 0.2) is 0 Å². The van der Waals surface area contributed by atoms with Crippen LogP contribution < -0.4 is 10.1 Å². The summed E-state index contributed by atoms with van der Waals surface area (Å²) in [7, 11) is 1.63. The molecule has 0 unspecified atom stereocenters. The number of methoxy groups -OCH3 is 1. The molecule has 1 saturated heterocycles. The lowest BCUT2D eigenvalue weighted by Gasteiger charge is -2.33. The Morgan fingerprint density at radius 2 is 2.17 bits per heavy atom. The quantitative estimate of drug-likeness (QED) is 0.793. The number of nitrogens with one attached hydrogen (secondary N) is 1. The average Bonchev–Trinajstić information content (AvgIpc) is 2.43. The van der Waals surface area contributed by atoms with Crippen LogP contribution in [0.1, 0.15) is 11.6 Å². The van der Waals surface area contributed by atoms with Crippen molar-refractivity contribution in [1.82, 2.24) is 10.2 Å². The highest BCUT2D eigenvalue weighted by Gasteiger charge is 2.22. The van der Waals surface area contributed by atoms with Gasteiger partial charge in [-0.25, -0.2) is 0 Å². The van der Waals surface area contributed by atoms with Crippen LogP contribution in [0.3, 0.4) is 0 Å². The minimum atomic E-state index is 0.0298. The normalized spacial score (nSPS) is 18.3. The zero-order chi connectivity index (χ0) is 13.0. The molecule has 0 bridgehead atoms. The molecule has 4 heteroatoms. The Morgan fingerprint density at radius 1 is 1.44 bits per heavy atom. The van der Waals surface area contributed by atoms with E-state index in [1.54, 1.807) is 19.2 Å². The predicted octanol–water partition coefficient (Wildman–Crippen LogP) is 1.53. The average molecular weight is 248 g/mol. The summed E-state index contributed by atoms with van der Waals surface area (Å²) in [4.78, 5) is 2.30. The van der Waals surface area contributed by atoms with Gasteiger partial charge in [-0.05, 0) is 18.2 Å². The lowest BCUT2D eigenvalue weighted by Crippen LogP contribution is -2.44. The molecule has 1 aromatic carbocycles. The Balaban J connectivity index is 2.28. The number of hydrogen-bond acceptors (Lipinski definition) is 4. The molecule has 18 heavy (non-hydrogen) atoms. The Labute approximate surface area is 108 Å². The first-order valence-electron chi connectivity index (χ1n) is 6.20. The van der Waals surface area contributed by atoms with E-state index in [0.29, 0.717) is 5.75 Å². The Hall–Kier alpha value is -1.52. The van der Waals surface area contributed by atoms with Gasteiger partial charge in [-0.2, -0.15) is 0 Å². The molecular weight excluding hydrogens is 228 g/mol. The van der Waals surface area contributed by atoms with E-state index in [0.717, 1.165) is 37.5 Å². The van der Waals surface area contributed by atoms with Crippen molar-refractivity contribution in [2.75, 3.05) is 33.3 Å². The van der Waals surface area contributed by atoms with E-state index >= 15 is 0 Å². The molecule has 98 valence electrons. The van der Waals surface area contributed by atoms with Crippen molar-refractivity contribution < 1.29 is 9.84 Å². The number of phenolic OH excluding ortho intramolecular Hbond substituents is 1. The third-order valence-corrected chi connectivity index (χ3v) is 3.32. The summed E-state index contributed by atoms with van der Waals surface area (Å²) in [5, 5.41) is 13.3. The Kier molecular flexibility index (Phi) is 4.23. The number of aromatic hydroxyl groups is 1. The second-order valence-corrected chi connectivity index (χ2v) is 4.39. The zero-order valence-electron chi connectivity index (χ0n) is 10.7. The summed E-state index contributed by atoms with van der Waals surface area (Å²) in [5.41, 5.74) is 0.853. The lowest BCUT2D eigenvalue weighted by atomic mass is 10.0. The highest BCUT2D eigenvalue weighted by molar-refractivity contribution is 5.42. The second kappa shape index (κ2) is 5.89. The fourth-order valence-electron chi connectivity index (χ4n) is 2.33. The number of phenols is 1. The van der Waals surface area contributed by atoms with Gasteiger partial charge >= 0.3 is 0 Å². The molecule has 0 saturated carbocycles. The SMILES string of the molecule is C=C[C@H](c1cc(OC)ccc1O)N1CCNCC1. The van der Waals surface area contributed by atoms with Gasteiger partial charge in [-0.1, -0.05) is 6.08 Å². The van der Waals surface area contributed by atoms with E-state index in [1.807, 2.05) is 12.1 Å². The molecule has 0 radical (unpaired) electrons. The van der Waals surface area contributed by atoms with Gasteiger partial charge in [0.05, 0.1) is 13.2 Å². The van der Waals surface area contributed by atoms with Crippen LogP contribution in [0.15, 0.2) is 30.9 Å². The van der Waals surface area contributed by atoms with Gasteiger partial charge in [0, 0.05) is 31.7 Å². The molecule has 1 fully saturated rings. The van der Waals surface area contributed by atoms with E-state index in [2.05, 4.69) is 16.8 Å². The van der Waals surface area contributed by atoms with Crippen molar-refractivity contribution in [2.45, 2.75) is 6.04 Å². The van der Waals surface area contributed by atoms with Crippen LogP contribution in [-0.4, -0.2) is 43.3 Å². The van der Waals surface area contributed by atoms with E-state index in [4.69, 9.17) is 4.74 Å². The van der Waals surface area contributed by atoms with Crippen LogP contribution in [0.2, 0.25) is 0 Å². The standard InChI is InChI=1S/C14H20N2O2/c1-3-13(16-8-6-15-7-9-16)12-10-11(18-2)4-5-14(12)17/h3-5,10,13,15,17H,1,6-9H2,2H3/t13-/m1/s1. The summed E-state index contributed by atoms with van der Waals surface area (Å²) in [6, 6.07) is 5.34. The molecule has 2 N–H and O–H groups in total. The van der Waals surface area contributed by atoms with Gasteiger partial charge in [0.2, 0.25) is 0 Å². The van der Waals surface area contributed by atoms with Gasteiger partial charge in [-0.3, -0.25) is 4.90 Å². The molecule has 0 spiro atoms. The van der Waals surface area contributed by atoms with Crippen LogP contribution in [0.5, 0.6) is 11.5 Å². The first kappa shape index (κ1) is 12.9. The molecule has 2 rings (SSSR count). The van der Waals surface area contributed by atoms with Crippen LogP contribution in [0.25, 0.3) is 0 Å². The molecule has 0 aromatic heterocycles.